The van der Waals surface area contributed by atoms with Gasteiger partial charge in [-0.15, -0.1) is 0 Å². The fourth-order valence-corrected chi connectivity index (χ4v) is 9.81. The number of carbonyl (C=O) groups excluding carboxylic acids is 4. The van der Waals surface area contributed by atoms with Gasteiger partial charge in [-0.05, 0) is 148 Å². The molecular weight excluding hydrogens is 789 g/mol. The minimum Gasteiger partial charge on any atom is -0.465 e. The summed E-state index contributed by atoms with van der Waals surface area (Å²) in [6, 6.07) is 0. The molecule has 4 heterocycles. The maximum absolute atomic E-state index is 12.6. The second-order valence-electron chi connectivity index (χ2n) is 19.2. The first-order valence-electron chi connectivity index (χ1n) is 25.2. The van der Waals surface area contributed by atoms with E-state index in [1.54, 1.807) is 7.11 Å². The van der Waals surface area contributed by atoms with Crippen LogP contribution in [-0.2, 0) is 42.9 Å². The molecular formula is C49H88N4O9. The summed E-state index contributed by atoms with van der Waals surface area (Å²) < 4.78 is 26.7. The van der Waals surface area contributed by atoms with Crippen molar-refractivity contribution < 1.29 is 42.9 Å². The fourth-order valence-electron chi connectivity index (χ4n) is 9.81. The van der Waals surface area contributed by atoms with Crippen molar-refractivity contribution >= 4 is 23.9 Å². The Hall–Kier alpha value is -2.32. The highest BCUT2D eigenvalue weighted by atomic mass is 16.6. The summed E-state index contributed by atoms with van der Waals surface area (Å²) in [5.41, 5.74) is 0. The van der Waals surface area contributed by atoms with Gasteiger partial charge in [-0.2, -0.15) is 0 Å². The van der Waals surface area contributed by atoms with Crippen LogP contribution in [0.3, 0.4) is 0 Å². The maximum atomic E-state index is 12.6. The van der Waals surface area contributed by atoms with Crippen LogP contribution in [0.1, 0.15) is 149 Å². The normalized spacial score (nSPS) is 20.8. The van der Waals surface area contributed by atoms with Gasteiger partial charge in [0.1, 0.15) is 12.7 Å². The lowest BCUT2D eigenvalue weighted by atomic mass is 9.87. The predicted octanol–water partition coefficient (Wildman–Crippen LogP) is 7.13. The molecule has 0 saturated carbocycles. The highest BCUT2D eigenvalue weighted by Gasteiger charge is 2.25. The molecule has 0 aromatic rings. The van der Waals surface area contributed by atoms with E-state index in [1.807, 2.05) is 20.8 Å². The zero-order valence-electron chi connectivity index (χ0n) is 39.7. The first-order valence-corrected chi connectivity index (χ1v) is 25.2. The number of piperidine rings is 4. The van der Waals surface area contributed by atoms with Gasteiger partial charge >= 0.3 is 23.9 Å². The minimum absolute atomic E-state index is 0.0144. The van der Waals surface area contributed by atoms with Crippen LogP contribution in [0.5, 0.6) is 0 Å². The molecule has 4 aliphatic rings. The molecule has 0 radical (unpaired) electrons. The minimum atomic E-state index is -0.271. The lowest BCUT2D eigenvalue weighted by Gasteiger charge is -2.33. The molecule has 2 unspecified atom stereocenters. The molecule has 2 atom stereocenters. The molecule has 0 N–H and O–H groups in total. The molecule has 0 aromatic carbocycles. The first kappa shape index (κ1) is 52.3. The van der Waals surface area contributed by atoms with E-state index in [2.05, 4.69) is 19.6 Å². The van der Waals surface area contributed by atoms with E-state index >= 15 is 0 Å². The van der Waals surface area contributed by atoms with Crippen molar-refractivity contribution in [2.75, 3.05) is 105 Å². The highest BCUT2D eigenvalue weighted by molar-refractivity contribution is 5.70. The molecule has 0 aliphatic carbocycles. The van der Waals surface area contributed by atoms with Crippen molar-refractivity contribution in [3.63, 3.8) is 0 Å². The Balaban J connectivity index is 0.910. The van der Waals surface area contributed by atoms with Crippen molar-refractivity contribution in [3.05, 3.63) is 0 Å². The van der Waals surface area contributed by atoms with E-state index in [1.165, 1.54) is 89.9 Å². The third kappa shape index (κ3) is 22.5. The van der Waals surface area contributed by atoms with Gasteiger partial charge in [-0.1, -0.05) is 45.4 Å². The van der Waals surface area contributed by atoms with Gasteiger partial charge < -0.3 is 43.3 Å². The van der Waals surface area contributed by atoms with Crippen LogP contribution in [0.15, 0.2) is 0 Å². The van der Waals surface area contributed by atoms with Crippen molar-refractivity contribution in [1.82, 2.24) is 19.6 Å². The van der Waals surface area contributed by atoms with E-state index in [-0.39, 0.29) is 42.7 Å². The predicted molar refractivity (Wildman–Crippen MR) is 243 cm³/mol. The molecule has 62 heavy (non-hydrogen) atoms. The number of nitrogens with zero attached hydrogens (tertiary/aromatic N) is 4. The second-order valence-corrected chi connectivity index (χ2v) is 19.2. The van der Waals surface area contributed by atoms with E-state index in [0.717, 1.165) is 109 Å². The van der Waals surface area contributed by atoms with Crippen LogP contribution in [-0.4, -0.2) is 161 Å². The summed E-state index contributed by atoms with van der Waals surface area (Å²) in [6.07, 6.45) is 20.5. The van der Waals surface area contributed by atoms with E-state index in [4.69, 9.17) is 23.7 Å². The quantitative estimate of drug-likeness (QED) is 0.0430. The summed E-state index contributed by atoms with van der Waals surface area (Å²) in [5.74, 6) is 2.65. The molecule has 4 aliphatic heterocycles. The van der Waals surface area contributed by atoms with E-state index < -0.39 is 0 Å². The average Bonchev–Trinajstić information content (AvgIpc) is 3.28. The Morgan fingerprint density at radius 3 is 1.13 bits per heavy atom. The molecule has 4 saturated heterocycles. The van der Waals surface area contributed by atoms with Gasteiger partial charge in [0, 0.05) is 39.7 Å². The smallest absolute Gasteiger partial charge is 0.307 e. The number of hydrogen-bond donors (Lipinski definition) is 0. The summed E-state index contributed by atoms with van der Waals surface area (Å²) in [7, 11) is 1.61. The number of carbonyl (C=O) groups is 4. The molecule has 358 valence electrons. The highest BCUT2D eigenvalue weighted by Crippen LogP contribution is 2.29. The van der Waals surface area contributed by atoms with Crippen LogP contribution >= 0.6 is 0 Å². The molecule has 0 aromatic heterocycles. The van der Waals surface area contributed by atoms with Crippen molar-refractivity contribution in [2.24, 2.45) is 23.7 Å². The topological polar surface area (TPSA) is 127 Å². The molecule has 13 heteroatoms. The number of rotatable bonds is 29. The van der Waals surface area contributed by atoms with E-state index in [9.17, 15) is 19.2 Å². The molecule has 0 spiro atoms. The summed E-state index contributed by atoms with van der Waals surface area (Å²) in [4.78, 5) is 58.6. The molecule has 0 amide bonds. The zero-order valence-corrected chi connectivity index (χ0v) is 39.7. The lowest BCUT2D eigenvalue weighted by molar-refractivity contribution is -0.151. The Morgan fingerprint density at radius 2 is 0.790 bits per heavy atom. The summed E-state index contributed by atoms with van der Waals surface area (Å²) in [5, 5.41) is 0. The number of esters is 4. The van der Waals surface area contributed by atoms with Crippen LogP contribution in [0.2, 0.25) is 0 Å². The Bertz CT molecular complexity index is 1240. The Kier molecular flexibility index (Phi) is 25.9. The third-order valence-corrected chi connectivity index (χ3v) is 14.4. The van der Waals surface area contributed by atoms with Gasteiger partial charge in [0.05, 0.1) is 45.0 Å². The van der Waals surface area contributed by atoms with Crippen LogP contribution < -0.4 is 0 Å². The number of ether oxygens (including phenoxy) is 5. The van der Waals surface area contributed by atoms with Crippen LogP contribution in [0, 0.1) is 23.7 Å². The number of likely N-dealkylation sites (tertiary alicyclic amines) is 4. The zero-order chi connectivity index (χ0) is 44.4. The van der Waals surface area contributed by atoms with Gasteiger partial charge in [0.25, 0.3) is 0 Å². The SMILES string of the molecule is CCC(C)OC(=O)CCN1CCC(CCCC2CCN(CCC(=O)OCCC(C)OC(=O)CCN3CCC(CCCC4CCN(CCC(=O)OCCOC)CC4)CC3)CC2)CC1. The number of hydrogen-bond acceptors (Lipinski definition) is 13. The monoisotopic (exact) mass is 877 g/mol. The standard InChI is InChI=1S/C49H88N4O9/c1-5-40(2)61-48(56)22-35-52-29-16-44(17-30-52)10-6-8-42-12-25-50(26-13-42)33-20-46(54)59-37-24-41(3)62-49(57)23-36-53-31-18-45(19-32-53)11-7-9-43-14-27-51(28-15-43)34-21-47(55)60-39-38-58-4/h40-45H,5-39H2,1-4H3. The third-order valence-electron chi connectivity index (χ3n) is 14.4. The maximum Gasteiger partial charge on any atom is 0.307 e. The Labute approximate surface area is 375 Å². The molecule has 4 fully saturated rings. The first-order chi connectivity index (χ1) is 30.1. The van der Waals surface area contributed by atoms with Gasteiger partial charge in [0.2, 0.25) is 0 Å². The second kappa shape index (κ2) is 30.7. The fraction of sp³-hybridized carbons (Fsp3) is 0.918. The summed E-state index contributed by atoms with van der Waals surface area (Å²) >= 11 is 0. The lowest BCUT2D eigenvalue weighted by Crippen LogP contribution is -2.36. The Morgan fingerprint density at radius 1 is 0.468 bits per heavy atom. The van der Waals surface area contributed by atoms with Crippen LogP contribution in [0.4, 0.5) is 0 Å². The molecule has 0 bridgehead atoms. The largest absolute Gasteiger partial charge is 0.465 e. The number of methoxy groups -OCH3 is 1. The van der Waals surface area contributed by atoms with Gasteiger partial charge in [-0.25, -0.2) is 0 Å². The van der Waals surface area contributed by atoms with Crippen LogP contribution in [0.25, 0.3) is 0 Å². The molecule has 13 nitrogen and oxygen atoms in total. The van der Waals surface area contributed by atoms with Gasteiger partial charge in [0.15, 0.2) is 0 Å². The van der Waals surface area contributed by atoms with Crippen molar-refractivity contribution in [1.29, 1.82) is 0 Å². The van der Waals surface area contributed by atoms with Gasteiger partial charge in [-0.3, -0.25) is 19.2 Å². The average molecular weight is 877 g/mol. The van der Waals surface area contributed by atoms with Crippen molar-refractivity contribution in [3.8, 4) is 0 Å². The molecule has 4 rings (SSSR count). The van der Waals surface area contributed by atoms with Crippen molar-refractivity contribution in [2.45, 2.75) is 161 Å². The summed E-state index contributed by atoms with van der Waals surface area (Å²) in [6.45, 7) is 18.6. The van der Waals surface area contributed by atoms with E-state index in [0.29, 0.717) is 45.3 Å².